The molecule has 5 nitrogen and oxygen atoms in total. The molecule has 0 aliphatic carbocycles. The lowest BCUT2D eigenvalue weighted by molar-refractivity contribution is -0.526. The zero-order valence-corrected chi connectivity index (χ0v) is 6.32. The van der Waals surface area contributed by atoms with Gasteiger partial charge in [0.15, 0.2) is 0 Å². The maximum Gasteiger partial charge on any atom is 0.236 e. The molecule has 0 aromatic carbocycles. The fourth-order valence-corrected chi connectivity index (χ4v) is 0.633. The molecular formula is C6H11NO4. The van der Waals surface area contributed by atoms with Crippen LogP contribution in [0, 0.1) is 10.1 Å². The first-order valence-corrected chi connectivity index (χ1v) is 3.31. The highest BCUT2D eigenvalue weighted by atomic mass is 16.6. The molecule has 5 heteroatoms. The van der Waals surface area contributed by atoms with Crippen LogP contribution in [-0.4, -0.2) is 28.5 Å². The molecule has 0 saturated heterocycles. The van der Waals surface area contributed by atoms with Gasteiger partial charge in [-0.05, 0) is 6.92 Å². The minimum atomic E-state index is -0.987. The fourth-order valence-electron chi connectivity index (χ4n) is 0.633. The van der Waals surface area contributed by atoms with Crippen molar-refractivity contribution in [1.82, 2.24) is 0 Å². The zero-order valence-electron chi connectivity index (χ0n) is 6.32. The highest BCUT2D eigenvalue weighted by Crippen LogP contribution is 2.00. The first-order chi connectivity index (χ1) is 5.07. The maximum absolute atomic E-state index is 10.4. The number of rotatable bonds is 5. The standard InChI is InChI=1S/C6H11NO4/c1-5(9)2-3-6(4-8)7(10)11/h6,8H,2-4H2,1H3. The summed E-state index contributed by atoms with van der Waals surface area (Å²) in [5, 5.41) is 18.5. The van der Waals surface area contributed by atoms with Crippen molar-refractivity contribution < 1.29 is 14.8 Å². The third kappa shape index (κ3) is 4.44. The molecule has 11 heavy (non-hydrogen) atoms. The molecule has 0 saturated carbocycles. The third-order valence-corrected chi connectivity index (χ3v) is 1.34. The molecule has 0 aromatic rings. The van der Waals surface area contributed by atoms with Crippen molar-refractivity contribution in [2.45, 2.75) is 25.8 Å². The summed E-state index contributed by atoms with van der Waals surface area (Å²) < 4.78 is 0. The maximum atomic E-state index is 10.4. The van der Waals surface area contributed by atoms with E-state index in [1.54, 1.807) is 0 Å². The van der Waals surface area contributed by atoms with Gasteiger partial charge in [0.1, 0.15) is 12.4 Å². The van der Waals surface area contributed by atoms with Crippen molar-refractivity contribution in [2.75, 3.05) is 6.61 Å². The van der Waals surface area contributed by atoms with E-state index >= 15 is 0 Å². The Hall–Kier alpha value is -0.970. The fraction of sp³-hybridized carbons (Fsp3) is 0.833. The second-order valence-corrected chi connectivity index (χ2v) is 2.36. The van der Waals surface area contributed by atoms with Crippen LogP contribution >= 0.6 is 0 Å². The van der Waals surface area contributed by atoms with Gasteiger partial charge in [-0.1, -0.05) is 0 Å². The van der Waals surface area contributed by atoms with Gasteiger partial charge in [-0.2, -0.15) is 0 Å². The Labute approximate surface area is 64.2 Å². The smallest absolute Gasteiger partial charge is 0.236 e. The molecule has 0 amide bonds. The molecule has 0 heterocycles. The van der Waals surface area contributed by atoms with Crippen LogP contribution in [0.4, 0.5) is 0 Å². The van der Waals surface area contributed by atoms with Crippen molar-refractivity contribution in [3.63, 3.8) is 0 Å². The number of carbonyl (C=O) groups is 1. The van der Waals surface area contributed by atoms with Gasteiger partial charge in [-0.25, -0.2) is 0 Å². The van der Waals surface area contributed by atoms with E-state index in [4.69, 9.17) is 5.11 Å². The summed E-state index contributed by atoms with van der Waals surface area (Å²) >= 11 is 0. The number of Topliss-reactive ketones (excluding diaryl/α,β-unsaturated/α-hetero) is 1. The second kappa shape index (κ2) is 4.79. The number of ketones is 1. The number of nitrogens with zero attached hydrogens (tertiary/aromatic N) is 1. The molecule has 0 rings (SSSR count). The highest BCUT2D eigenvalue weighted by Gasteiger charge is 2.18. The van der Waals surface area contributed by atoms with Gasteiger partial charge in [0, 0.05) is 17.8 Å². The minimum absolute atomic E-state index is 0.0923. The molecule has 0 aromatic heterocycles. The van der Waals surface area contributed by atoms with Gasteiger partial charge in [-0.15, -0.1) is 0 Å². The molecule has 1 atom stereocenters. The number of carbonyl (C=O) groups excluding carboxylic acids is 1. The van der Waals surface area contributed by atoms with E-state index in [1.807, 2.05) is 0 Å². The van der Waals surface area contributed by atoms with Gasteiger partial charge in [0.25, 0.3) is 0 Å². The van der Waals surface area contributed by atoms with E-state index in [2.05, 4.69) is 0 Å². The van der Waals surface area contributed by atoms with Crippen molar-refractivity contribution in [2.24, 2.45) is 0 Å². The Balaban J connectivity index is 3.70. The number of aliphatic hydroxyl groups excluding tert-OH is 1. The van der Waals surface area contributed by atoms with E-state index in [-0.39, 0.29) is 18.6 Å². The van der Waals surface area contributed by atoms with Crippen LogP contribution in [0.5, 0.6) is 0 Å². The van der Waals surface area contributed by atoms with Crippen molar-refractivity contribution in [1.29, 1.82) is 0 Å². The van der Waals surface area contributed by atoms with Gasteiger partial charge in [0.2, 0.25) is 6.04 Å². The summed E-state index contributed by atoms with van der Waals surface area (Å²) in [5.74, 6) is -0.0923. The largest absolute Gasteiger partial charge is 0.389 e. The Morgan fingerprint density at radius 1 is 1.73 bits per heavy atom. The van der Waals surface area contributed by atoms with Gasteiger partial charge < -0.3 is 9.90 Å². The molecule has 1 N–H and O–H groups in total. The molecule has 0 fully saturated rings. The SMILES string of the molecule is CC(=O)CCC(CO)[N+](=O)[O-]. The third-order valence-electron chi connectivity index (χ3n) is 1.34. The topological polar surface area (TPSA) is 80.4 Å². The van der Waals surface area contributed by atoms with E-state index in [0.29, 0.717) is 0 Å². The van der Waals surface area contributed by atoms with E-state index in [1.165, 1.54) is 6.92 Å². The van der Waals surface area contributed by atoms with Crippen molar-refractivity contribution in [3.8, 4) is 0 Å². The van der Waals surface area contributed by atoms with Gasteiger partial charge in [-0.3, -0.25) is 10.1 Å². The summed E-state index contributed by atoms with van der Waals surface area (Å²) in [6.45, 7) is 0.870. The average Bonchev–Trinajstić information content (AvgIpc) is 1.87. The summed E-state index contributed by atoms with van der Waals surface area (Å²) in [4.78, 5) is 19.9. The molecule has 0 radical (unpaired) electrons. The van der Waals surface area contributed by atoms with Gasteiger partial charge >= 0.3 is 0 Å². The summed E-state index contributed by atoms with van der Waals surface area (Å²) in [6.07, 6.45) is 0.283. The predicted octanol–water partition coefficient (Wildman–Crippen LogP) is -0.00680. The minimum Gasteiger partial charge on any atom is -0.389 e. The summed E-state index contributed by atoms with van der Waals surface area (Å²) in [6, 6.07) is -0.987. The van der Waals surface area contributed by atoms with E-state index < -0.39 is 17.6 Å². The molecule has 0 aliphatic rings. The quantitative estimate of drug-likeness (QED) is 0.454. The Bertz CT molecular complexity index is 157. The van der Waals surface area contributed by atoms with Gasteiger partial charge in [0.05, 0.1) is 0 Å². The summed E-state index contributed by atoms with van der Waals surface area (Å²) in [7, 11) is 0. The predicted molar refractivity (Wildman–Crippen MR) is 37.8 cm³/mol. The Morgan fingerprint density at radius 2 is 2.27 bits per heavy atom. The van der Waals surface area contributed by atoms with Crippen LogP contribution in [0.25, 0.3) is 0 Å². The molecule has 0 aliphatic heterocycles. The first kappa shape index (κ1) is 10.0. The average molecular weight is 161 g/mol. The Kier molecular flexibility index (Phi) is 4.36. The van der Waals surface area contributed by atoms with Crippen LogP contribution in [0.2, 0.25) is 0 Å². The normalized spacial score (nSPS) is 12.5. The number of hydrogen-bond donors (Lipinski definition) is 1. The lowest BCUT2D eigenvalue weighted by Crippen LogP contribution is -2.24. The second-order valence-electron chi connectivity index (χ2n) is 2.36. The van der Waals surface area contributed by atoms with Crippen molar-refractivity contribution in [3.05, 3.63) is 10.1 Å². The van der Waals surface area contributed by atoms with Crippen LogP contribution in [0.1, 0.15) is 19.8 Å². The lowest BCUT2D eigenvalue weighted by atomic mass is 10.1. The van der Waals surface area contributed by atoms with E-state index in [9.17, 15) is 14.9 Å². The first-order valence-electron chi connectivity index (χ1n) is 3.31. The molecular weight excluding hydrogens is 150 g/mol. The van der Waals surface area contributed by atoms with E-state index in [0.717, 1.165) is 0 Å². The molecule has 0 spiro atoms. The monoisotopic (exact) mass is 161 g/mol. The lowest BCUT2D eigenvalue weighted by Gasteiger charge is -2.03. The van der Waals surface area contributed by atoms with Crippen LogP contribution in [0.15, 0.2) is 0 Å². The van der Waals surface area contributed by atoms with Crippen LogP contribution in [0.3, 0.4) is 0 Å². The van der Waals surface area contributed by atoms with Crippen molar-refractivity contribution >= 4 is 5.78 Å². The summed E-state index contributed by atoms with van der Waals surface area (Å²) in [5.41, 5.74) is 0. The number of aliphatic hydroxyl groups is 1. The number of hydrogen-bond acceptors (Lipinski definition) is 4. The molecule has 1 unspecified atom stereocenters. The zero-order chi connectivity index (χ0) is 8.85. The van der Waals surface area contributed by atoms with Crippen LogP contribution in [-0.2, 0) is 4.79 Å². The Morgan fingerprint density at radius 3 is 2.55 bits per heavy atom. The molecule has 0 bridgehead atoms. The van der Waals surface area contributed by atoms with Crippen LogP contribution < -0.4 is 0 Å². The number of nitro groups is 1. The molecule has 64 valence electrons. The highest BCUT2D eigenvalue weighted by molar-refractivity contribution is 5.75.